The first kappa shape index (κ1) is 18.9. The minimum atomic E-state index is -0.399. The van der Waals surface area contributed by atoms with Gasteiger partial charge in [0.2, 0.25) is 0 Å². The number of amides is 1. The average Bonchev–Trinajstić information content (AvgIpc) is 2.65. The van der Waals surface area contributed by atoms with E-state index in [-0.39, 0.29) is 18.9 Å². The summed E-state index contributed by atoms with van der Waals surface area (Å²) in [6.45, 7) is -0.286. The molecule has 0 aliphatic rings. The second kappa shape index (κ2) is 9.74. The molecule has 2 aromatic carbocycles. The van der Waals surface area contributed by atoms with Crippen LogP contribution in [0, 0.1) is 0 Å². The molecular formula is C19H21NO4S. The van der Waals surface area contributed by atoms with Gasteiger partial charge in [0.15, 0.2) is 6.61 Å². The van der Waals surface area contributed by atoms with Crippen LogP contribution in [0.5, 0.6) is 5.75 Å². The summed E-state index contributed by atoms with van der Waals surface area (Å²) in [5.74, 6) is 0.0203. The maximum absolute atomic E-state index is 11.8. The monoisotopic (exact) mass is 359 g/mol. The number of hydrogen-bond donors (Lipinski definition) is 1. The highest BCUT2D eigenvalue weighted by Crippen LogP contribution is 2.17. The Kier molecular flexibility index (Phi) is 7.35. The van der Waals surface area contributed by atoms with E-state index in [2.05, 4.69) is 5.32 Å². The molecule has 0 heterocycles. The average molecular weight is 359 g/mol. The number of benzene rings is 2. The molecule has 0 aliphatic carbocycles. The van der Waals surface area contributed by atoms with Gasteiger partial charge in [-0.25, -0.2) is 0 Å². The third-order valence-electron chi connectivity index (χ3n) is 3.51. The number of aryl methyl sites for hydroxylation is 1. The third-order valence-corrected chi connectivity index (χ3v) is 4.26. The molecule has 0 aromatic heterocycles. The van der Waals surface area contributed by atoms with Crippen molar-refractivity contribution in [3.8, 4) is 5.75 Å². The first-order chi connectivity index (χ1) is 12.1. The normalized spacial score (nSPS) is 10.2. The summed E-state index contributed by atoms with van der Waals surface area (Å²) in [7, 11) is 1.61. The summed E-state index contributed by atoms with van der Waals surface area (Å²) >= 11 is 1.63. The van der Waals surface area contributed by atoms with Gasteiger partial charge in [-0.2, -0.15) is 0 Å². The highest BCUT2D eigenvalue weighted by Gasteiger charge is 2.08. The second-order valence-corrected chi connectivity index (χ2v) is 6.17. The van der Waals surface area contributed by atoms with Gasteiger partial charge >= 0.3 is 5.97 Å². The van der Waals surface area contributed by atoms with Crippen LogP contribution < -0.4 is 10.1 Å². The first-order valence-corrected chi connectivity index (χ1v) is 9.05. The van der Waals surface area contributed by atoms with Gasteiger partial charge in [-0.1, -0.05) is 12.1 Å². The van der Waals surface area contributed by atoms with Crippen LogP contribution >= 0.6 is 11.8 Å². The van der Waals surface area contributed by atoms with E-state index in [1.54, 1.807) is 18.9 Å². The van der Waals surface area contributed by atoms with Gasteiger partial charge in [0.1, 0.15) is 5.75 Å². The van der Waals surface area contributed by atoms with Crippen LogP contribution in [0.25, 0.3) is 0 Å². The van der Waals surface area contributed by atoms with Crippen molar-refractivity contribution >= 4 is 29.3 Å². The molecule has 2 aromatic rings. The zero-order valence-corrected chi connectivity index (χ0v) is 15.1. The Bertz CT molecular complexity index is 698. The molecule has 0 spiro atoms. The smallest absolute Gasteiger partial charge is 0.306 e. The maximum atomic E-state index is 11.8. The number of methoxy groups -OCH3 is 1. The van der Waals surface area contributed by atoms with E-state index in [1.807, 2.05) is 54.8 Å². The number of ether oxygens (including phenoxy) is 2. The van der Waals surface area contributed by atoms with Crippen molar-refractivity contribution in [3.63, 3.8) is 0 Å². The minimum absolute atomic E-state index is 0.224. The van der Waals surface area contributed by atoms with E-state index in [0.29, 0.717) is 12.1 Å². The van der Waals surface area contributed by atoms with Gasteiger partial charge in [-0.15, -0.1) is 11.8 Å². The number of hydrogen-bond acceptors (Lipinski definition) is 5. The van der Waals surface area contributed by atoms with Crippen LogP contribution in [0.3, 0.4) is 0 Å². The van der Waals surface area contributed by atoms with Crippen LogP contribution in [0.2, 0.25) is 0 Å². The fraction of sp³-hybridized carbons (Fsp3) is 0.263. The van der Waals surface area contributed by atoms with Crippen LogP contribution in [-0.2, 0) is 20.7 Å². The molecule has 132 valence electrons. The van der Waals surface area contributed by atoms with E-state index < -0.39 is 5.97 Å². The van der Waals surface area contributed by atoms with Gasteiger partial charge in [0.05, 0.1) is 7.11 Å². The van der Waals surface area contributed by atoms with Crippen molar-refractivity contribution in [2.45, 2.75) is 17.7 Å². The molecule has 6 heteroatoms. The van der Waals surface area contributed by atoms with Gasteiger partial charge in [0.25, 0.3) is 5.91 Å². The number of carbonyl (C=O) groups is 2. The van der Waals surface area contributed by atoms with Crippen LogP contribution in [-0.4, -0.2) is 31.8 Å². The molecule has 1 N–H and O–H groups in total. The van der Waals surface area contributed by atoms with Crippen LogP contribution in [0.4, 0.5) is 5.69 Å². The topological polar surface area (TPSA) is 64.6 Å². The molecule has 0 saturated heterocycles. The van der Waals surface area contributed by atoms with Crippen LogP contribution in [0.15, 0.2) is 53.4 Å². The molecule has 5 nitrogen and oxygen atoms in total. The predicted molar refractivity (Wildman–Crippen MR) is 99.1 cm³/mol. The van der Waals surface area contributed by atoms with Crippen LogP contribution in [0.1, 0.15) is 12.0 Å². The fourth-order valence-corrected chi connectivity index (χ4v) is 2.54. The first-order valence-electron chi connectivity index (χ1n) is 7.83. The Hall–Kier alpha value is -2.47. The second-order valence-electron chi connectivity index (χ2n) is 5.29. The molecule has 0 atom stereocenters. The van der Waals surface area contributed by atoms with Crippen molar-refractivity contribution < 1.29 is 19.1 Å². The summed E-state index contributed by atoms with van der Waals surface area (Å²) < 4.78 is 10.1. The lowest BCUT2D eigenvalue weighted by Crippen LogP contribution is -2.21. The molecule has 0 radical (unpaired) electrons. The molecule has 25 heavy (non-hydrogen) atoms. The van der Waals surface area contributed by atoms with E-state index in [0.717, 1.165) is 16.2 Å². The highest BCUT2D eigenvalue weighted by atomic mass is 32.2. The van der Waals surface area contributed by atoms with Crippen molar-refractivity contribution in [1.82, 2.24) is 0 Å². The zero-order chi connectivity index (χ0) is 18.1. The number of nitrogens with one attached hydrogen (secondary N) is 1. The van der Waals surface area contributed by atoms with Gasteiger partial charge < -0.3 is 14.8 Å². The number of thioether (sulfide) groups is 1. The predicted octanol–water partition coefficient (Wildman–Crippen LogP) is 3.53. The van der Waals surface area contributed by atoms with Crippen molar-refractivity contribution in [2.24, 2.45) is 0 Å². The highest BCUT2D eigenvalue weighted by molar-refractivity contribution is 7.98. The van der Waals surface area contributed by atoms with E-state index >= 15 is 0 Å². The van der Waals surface area contributed by atoms with E-state index in [4.69, 9.17) is 9.47 Å². The van der Waals surface area contributed by atoms with Crippen molar-refractivity contribution in [3.05, 3.63) is 54.1 Å². The van der Waals surface area contributed by atoms with Gasteiger partial charge in [-0.05, 0) is 54.6 Å². The Morgan fingerprint density at radius 1 is 1.04 bits per heavy atom. The summed E-state index contributed by atoms with van der Waals surface area (Å²) in [6, 6.07) is 15.0. The number of anilines is 1. The van der Waals surface area contributed by atoms with Crippen molar-refractivity contribution in [2.75, 3.05) is 25.3 Å². The molecule has 0 bridgehead atoms. The lowest BCUT2D eigenvalue weighted by molar-refractivity contribution is -0.147. The SMILES string of the molecule is COc1ccc(CCC(=O)OCC(=O)Nc2ccc(SC)cc2)cc1. The maximum Gasteiger partial charge on any atom is 0.306 e. The molecule has 0 fully saturated rings. The largest absolute Gasteiger partial charge is 0.497 e. The lowest BCUT2D eigenvalue weighted by Gasteiger charge is -2.07. The molecule has 1 amide bonds. The number of rotatable bonds is 8. The van der Waals surface area contributed by atoms with E-state index in [9.17, 15) is 9.59 Å². The van der Waals surface area contributed by atoms with E-state index in [1.165, 1.54) is 0 Å². The minimum Gasteiger partial charge on any atom is -0.497 e. The number of esters is 1. The fourth-order valence-electron chi connectivity index (χ4n) is 2.13. The molecular weight excluding hydrogens is 338 g/mol. The molecule has 2 rings (SSSR count). The summed E-state index contributed by atoms with van der Waals surface area (Å²) in [5.41, 5.74) is 1.69. The standard InChI is InChI=1S/C19H21NO4S/c1-23-16-8-3-14(4-9-16)5-12-19(22)24-13-18(21)20-15-6-10-17(25-2)11-7-15/h3-4,6-11H,5,12-13H2,1-2H3,(H,20,21). The Morgan fingerprint density at radius 2 is 1.72 bits per heavy atom. The molecule has 0 saturated carbocycles. The van der Waals surface area contributed by atoms with Gasteiger partial charge in [0, 0.05) is 17.0 Å². The molecule has 0 unspecified atom stereocenters. The summed E-state index contributed by atoms with van der Waals surface area (Å²) in [5, 5.41) is 2.70. The Labute approximate surface area is 151 Å². The zero-order valence-electron chi connectivity index (χ0n) is 14.3. The quantitative estimate of drug-likeness (QED) is 0.577. The molecule has 0 aliphatic heterocycles. The summed E-state index contributed by atoms with van der Waals surface area (Å²) in [4.78, 5) is 24.7. The third kappa shape index (κ3) is 6.51. The Balaban J connectivity index is 1.70. The Morgan fingerprint density at radius 3 is 2.32 bits per heavy atom. The number of carbonyl (C=O) groups excluding carboxylic acids is 2. The lowest BCUT2D eigenvalue weighted by atomic mass is 10.1. The van der Waals surface area contributed by atoms with Crippen molar-refractivity contribution in [1.29, 1.82) is 0 Å². The summed E-state index contributed by atoms with van der Waals surface area (Å²) in [6.07, 6.45) is 2.77. The van der Waals surface area contributed by atoms with Gasteiger partial charge in [-0.3, -0.25) is 9.59 Å².